The van der Waals surface area contributed by atoms with Crippen molar-refractivity contribution in [3.8, 4) is 5.75 Å². The van der Waals surface area contributed by atoms with E-state index >= 15 is 0 Å². The van der Waals surface area contributed by atoms with E-state index in [1.54, 1.807) is 0 Å². The molecule has 1 aliphatic rings. The molecule has 0 bridgehead atoms. The Kier molecular flexibility index (Phi) is 4.75. The van der Waals surface area contributed by atoms with Crippen molar-refractivity contribution in [1.29, 1.82) is 0 Å². The lowest BCUT2D eigenvalue weighted by Crippen LogP contribution is -2.40. The number of nitrogen functional groups attached to an aromatic ring is 1. The van der Waals surface area contributed by atoms with Crippen molar-refractivity contribution >= 4 is 22.4 Å². The number of aliphatic hydroxyl groups is 1. The SMILES string of the molecule is CC1CCC(O)(CNc2snc(N)c2OC(C)C)CC1. The van der Waals surface area contributed by atoms with Crippen molar-refractivity contribution in [3.05, 3.63) is 0 Å². The molecule has 0 radical (unpaired) electrons. The van der Waals surface area contributed by atoms with Crippen molar-refractivity contribution in [3.63, 3.8) is 0 Å². The maximum Gasteiger partial charge on any atom is 0.197 e. The molecule has 0 saturated heterocycles. The van der Waals surface area contributed by atoms with Crippen molar-refractivity contribution in [2.24, 2.45) is 5.92 Å². The fraction of sp³-hybridized carbons (Fsp3) is 0.786. The fourth-order valence-electron chi connectivity index (χ4n) is 2.48. The fourth-order valence-corrected chi connectivity index (χ4v) is 3.12. The molecule has 0 aliphatic heterocycles. The first kappa shape index (κ1) is 15.4. The van der Waals surface area contributed by atoms with Gasteiger partial charge in [-0.2, -0.15) is 4.37 Å². The summed E-state index contributed by atoms with van der Waals surface area (Å²) in [6.07, 6.45) is 3.90. The van der Waals surface area contributed by atoms with E-state index in [2.05, 4.69) is 16.6 Å². The molecule has 6 heteroatoms. The maximum atomic E-state index is 10.6. The third-order valence-corrected chi connectivity index (χ3v) is 4.61. The van der Waals surface area contributed by atoms with Crippen LogP contribution in [0.3, 0.4) is 0 Å². The van der Waals surface area contributed by atoms with Gasteiger partial charge in [-0.05, 0) is 57.0 Å². The number of nitrogens with two attached hydrogens (primary N) is 1. The van der Waals surface area contributed by atoms with Crippen LogP contribution < -0.4 is 15.8 Å². The minimum absolute atomic E-state index is 0.0490. The number of nitrogens with zero attached hydrogens (tertiary/aromatic N) is 1. The zero-order valence-electron chi connectivity index (χ0n) is 12.5. The topological polar surface area (TPSA) is 80.4 Å². The number of ether oxygens (including phenoxy) is 1. The minimum Gasteiger partial charge on any atom is -0.484 e. The minimum atomic E-state index is -0.625. The van der Waals surface area contributed by atoms with Gasteiger partial charge in [0.25, 0.3) is 0 Å². The van der Waals surface area contributed by atoms with E-state index in [4.69, 9.17) is 10.5 Å². The van der Waals surface area contributed by atoms with Gasteiger partial charge >= 0.3 is 0 Å². The lowest BCUT2D eigenvalue weighted by molar-refractivity contribution is 0.00503. The van der Waals surface area contributed by atoms with Crippen molar-refractivity contribution < 1.29 is 9.84 Å². The number of hydrogen-bond acceptors (Lipinski definition) is 6. The Labute approximate surface area is 124 Å². The van der Waals surface area contributed by atoms with E-state index in [-0.39, 0.29) is 6.10 Å². The van der Waals surface area contributed by atoms with Gasteiger partial charge in [0.05, 0.1) is 11.7 Å². The quantitative estimate of drug-likeness (QED) is 0.779. The molecule has 5 nitrogen and oxygen atoms in total. The van der Waals surface area contributed by atoms with Gasteiger partial charge in [-0.1, -0.05) is 6.92 Å². The Morgan fingerprint density at radius 1 is 1.50 bits per heavy atom. The second-order valence-corrected chi connectivity index (χ2v) is 6.93. The number of hydrogen-bond donors (Lipinski definition) is 3. The highest BCUT2D eigenvalue weighted by Gasteiger charge is 2.32. The maximum absolute atomic E-state index is 10.6. The summed E-state index contributed by atoms with van der Waals surface area (Å²) in [5.74, 6) is 1.74. The summed E-state index contributed by atoms with van der Waals surface area (Å²) >= 11 is 1.28. The monoisotopic (exact) mass is 299 g/mol. The molecule has 0 aromatic carbocycles. The average Bonchev–Trinajstić information content (AvgIpc) is 2.72. The summed E-state index contributed by atoms with van der Waals surface area (Å²) in [5, 5.41) is 14.7. The van der Waals surface area contributed by atoms with Crippen LogP contribution in [-0.4, -0.2) is 27.7 Å². The van der Waals surface area contributed by atoms with E-state index < -0.39 is 5.60 Å². The third-order valence-electron chi connectivity index (χ3n) is 3.81. The summed E-state index contributed by atoms with van der Waals surface area (Å²) in [4.78, 5) is 0. The van der Waals surface area contributed by atoms with Crippen LogP contribution in [0.25, 0.3) is 0 Å². The Morgan fingerprint density at radius 3 is 2.75 bits per heavy atom. The lowest BCUT2D eigenvalue weighted by atomic mass is 9.79. The number of anilines is 2. The van der Waals surface area contributed by atoms with Gasteiger partial charge in [0, 0.05) is 6.54 Å². The molecule has 1 fully saturated rings. The molecule has 4 N–H and O–H groups in total. The van der Waals surface area contributed by atoms with E-state index in [1.807, 2.05) is 13.8 Å². The van der Waals surface area contributed by atoms with Gasteiger partial charge in [0.1, 0.15) is 0 Å². The van der Waals surface area contributed by atoms with Crippen LogP contribution in [0.5, 0.6) is 5.75 Å². The zero-order chi connectivity index (χ0) is 14.8. The molecule has 1 aliphatic carbocycles. The Balaban J connectivity index is 1.97. The molecule has 20 heavy (non-hydrogen) atoms. The molecule has 0 atom stereocenters. The average molecular weight is 299 g/mol. The van der Waals surface area contributed by atoms with E-state index in [1.165, 1.54) is 11.5 Å². The van der Waals surface area contributed by atoms with Gasteiger partial charge in [0.2, 0.25) is 0 Å². The van der Waals surface area contributed by atoms with Crippen LogP contribution in [0, 0.1) is 5.92 Å². The van der Waals surface area contributed by atoms with Crippen LogP contribution in [0.4, 0.5) is 10.8 Å². The van der Waals surface area contributed by atoms with Crippen LogP contribution in [0.2, 0.25) is 0 Å². The largest absolute Gasteiger partial charge is 0.484 e. The standard InChI is InChI=1S/C14H25N3O2S/c1-9(2)19-11-12(15)17-20-13(11)16-8-14(18)6-4-10(3)5-7-14/h9-10,16,18H,4-8H2,1-3H3,(H2,15,17). The molecule has 1 aromatic rings. The van der Waals surface area contributed by atoms with Crippen LogP contribution in [0.15, 0.2) is 0 Å². The molecule has 1 heterocycles. The number of aromatic nitrogens is 1. The number of nitrogens with one attached hydrogen (secondary N) is 1. The summed E-state index contributed by atoms with van der Waals surface area (Å²) in [7, 11) is 0. The van der Waals surface area contributed by atoms with Gasteiger partial charge in [-0.15, -0.1) is 0 Å². The molecule has 0 unspecified atom stereocenters. The van der Waals surface area contributed by atoms with Crippen LogP contribution in [-0.2, 0) is 0 Å². The molecular weight excluding hydrogens is 274 g/mol. The normalized spacial score (nSPS) is 26.8. The van der Waals surface area contributed by atoms with E-state index in [0.717, 1.165) is 30.7 Å². The lowest BCUT2D eigenvalue weighted by Gasteiger charge is -2.35. The molecule has 2 rings (SSSR count). The summed E-state index contributed by atoms with van der Waals surface area (Å²) in [5.41, 5.74) is 5.20. The molecular formula is C14H25N3O2S. The highest BCUT2D eigenvalue weighted by atomic mass is 32.1. The predicted molar refractivity (Wildman–Crippen MR) is 83.4 cm³/mol. The molecule has 1 saturated carbocycles. The zero-order valence-corrected chi connectivity index (χ0v) is 13.3. The van der Waals surface area contributed by atoms with E-state index in [0.29, 0.717) is 24.0 Å². The first-order valence-corrected chi connectivity index (χ1v) is 8.05. The van der Waals surface area contributed by atoms with E-state index in [9.17, 15) is 5.11 Å². The molecule has 1 aromatic heterocycles. The van der Waals surface area contributed by atoms with Crippen LogP contribution in [0.1, 0.15) is 46.5 Å². The smallest absolute Gasteiger partial charge is 0.197 e. The molecule has 114 valence electrons. The Bertz CT molecular complexity index is 440. The summed E-state index contributed by atoms with van der Waals surface area (Å²) in [6, 6.07) is 0. The second-order valence-electron chi connectivity index (χ2n) is 6.15. The van der Waals surface area contributed by atoms with Gasteiger partial charge < -0.3 is 20.9 Å². The third kappa shape index (κ3) is 3.76. The van der Waals surface area contributed by atoms with Gasteiger partial charge in [0.15, 0.2) is 16.6 Å². The van der Waals surface area contributed by atoms with Crippen LogP contribution >= 0.6 is 11.5 Å². The highest BCUT2D eigenvalue weighted by Crippen LogP contribution is 2.37. The van der Waals surface area contributed by atoms with Crippen molar-refractivity contribution in [1.82, 2.24) is 4.37 Å². The van der Waals surface area contributed by atoms with Gasteiger partial charge in [-0.25, -0.2) is 0 Å². The summed E-state index contributed by atoms with van der Waals surface area (Å²) < 4.78 is 9.80. The Hall–Kier alpha value is -1.01. The Morgan fingerprint density at radius 2 is 2.15 bits per heavy atom. The molecule has 0 amide bonds. The summed E-state index contributed by atoms with van der Waals surface area (Å²) in [6.45, 7) is 6.68. The first-order chi connectivity index (χ1) is 9.39. The number of rotatable bonds is 5. The predicted octanol–water partition coefficient (Wildman–Crippen LogP) is 2.87. The van der Waals surface area contributed by atoms with Crippen molar-refractivity contribution in [2.75, 3.05) is 17.6 Å². The highest BCUT2D eigenvalue weighted by molar-refractivity contribution is 7.11. The van der Waals surface area contributed by atoms with Gasteiger partial charge in [-0.3, -0.25) is 0 Å². The van der Waals surface area contributed by atoms with Crippen molar-refractivity contribution in [2.45, 2.75) is 58.2 Å². The molecule has 0 spiro atoms. The first-order valence-electron chi connectivity index (χ1n) is 7.28. The second kappa shape index (κ2) is 6.18.